The number of rotatable bonds is 1. The molecule has 0 heterocycles. The molecule has 1 aliphatic carbocycles. The molecule has 0 bridgehead atoms. The Morgan fingerprint density at radius 2 is 2.00 bits per heavy atom. The first kappa shape index (κ1) is 13.1. The van der Waals surface area contributed by atoms with Crippen molar-refractivity contribution >= 4 is 6.16 Å². The lowest BCUT2D eigenvalue weighted by atomic mass is 10.0. The number of carbonyl (C=O) groups excluding carboxylic acids is 1. The highest BCUT2D eigenvalue weighted by Crippen LogP contribution is 2.16. The summed E-state index contributed by atoms with van der Waals surface area (Å²) >= 11 is 0. The maximum atomic E-state index is 11.4. The number of hydrogen-bond donors (Lipinski definition) is 0. The van der Waals surface area contributed by atoms with E-state index in [0.29, 0.717) is 0 Å². The topological polar surface area (TPSA) is 35.5 Å². The third-order valence-corrected chi connectivity index (χ3v) is 2.35. The molecule has 1 atom stereocenters. The van der Waals surface area contributed by atoms with Gasteiger partial charge in [0.25, 0.3) is 0 Å². The third-order valence-electron chi connectivity index (χ3n) is 2.35. The summed E-state index contributed by atoms with van der Waals surface area (Å²) in [4.78, 5) is 11.4. The van der Waals surface area contributed by atoms with Crippen LogP contribution in [-0.2, 0) is 9.47 Å². The molecule has 3 heteroatoms. The second-order valence-corrected chi connectivity index (χ2v) is 5.19. The fourth-order valence-electron chi connectivity index (χ4n) is 1.62. The zero-order valence-corrected chi connectivity index (χ0v) is 10.5. The van der Waals surface area contributed by atoms with Crippen LogP contribution in [0.25, 0.3) is 0 Å². The van der Waals surface area contributed by atoms with E-state index in [1.165, 1.54) is 12.8 Å². The number of allylic oxidation sites excluding steroid dienone is 1. The molecule has 92 valence electrons. The molecule has 1 aliphatic rings. The van der Waals surface area contributed by atoms with E-state index in [9.17, 15) is 4.79 Å². The van der Waals surface area contributed by atoms with E-state index in [1.54, 1.807) is 0 Å². The molecule has 0 saturated carbocycles. The zero-order chi connectivity index (χ0) is 12.0. The Morgan fingerprint density at radius 1 is 1.25 bits per heavy atom. The molecule has 16 heavy (non-hydrogen) atoms. The molecule has 0 amide bonds. The molecule has 3 nitrogen and oxygen atoms in total. The molecule has 0 aromatic rings. The van der Waals surface area contributed by atoms with Crippen molar-refractivity contribution < 1.29 is 14.3 Å². The molecule has 1 unspecified atom stereocenters. The lowest BCUT2D eigenvalue weighted by molar-refractivity contribution is -0.0199. The van der Waals surface area contributed by atoms with Crippen molar-refractivity contribution in [1.29, 1.82) is 0 Å². The van der Waals surface area contributed by atoms with Crippen LogP contribution >= 0.6 is 0 Å². The van der Waals surface area contributed by atoms with Crippen LogP contribution in [0.5, 0.6) is 0 Å². The smallest absolute Gasteiger partial charge is 0.429 e. The van der Waals surface area contributed by atoms with Crippen molar-refractivity contribution in [2.45, 2.75) is 64.6 Å². The van der Waals surface area contributed by atoms with Gasteiger partial charge in [-0.2, -0.15) is 0 Å². The highest BCUT2D eigenvalue weighted by Gasteiger charge is 2.20. The molecule has 0 aromatic heterocycles. The Kier molecular flexibility index (Phi) is 4.84. The van der Waals surface area contributed by atoms with Crippen molar-refractivity contribution in [3.05, 3.63) is 12.2 Å². The minimum absolute atomic E-state index is 0.116. The van der Waals surface area contributed by atoms with E-state index in [4.69, 9.17) is 9.47 Å². The van der Waals surface area contributed by atoms with Crippen molar-refractivity contribution in [3.63, 3.8) is 0 Å². The van der Waals surface area contributed by atoms with E-state index in [2.05, 4.69) is 6.08 Å². The molecule has 0 spiro atoms. The Bertz CT molecular complexity index is 250. The van der Waals surface area contributed by atoms with Crippen molar-refractivity contribution in [2.75, 3.05) is 0 Å². The molecule has 0 N–H and O–H groups in total. The summed E-state index contributed by atoms with van der Waals surface area (Å²) in [6.07, 6.45) is 8.91. The van der Waals surface area contributed by atoms with Crippen LogP contribution in [0.15, 0.2) is 12.2 Å². The molecular weight excluding hydrogens is 204 g/mol. The standard InChI is InChI=1S/C13H22O3/c1-13(2,3)16-12(14)15-11-9-7-5-4-6-8-10-11/h7,9,11H,4-6,8,10H2,1-3H3/b9-7+. The monoisotopic (exact) mass is 226 g/mol. The summed E-state index contributed by atoms with van der Waals surface area (Å²) in [5, 5.41) is 0. The first-order valence-electron chi connectivity index (χ1n) is 6.04. The van der Waals surface area contributed by atoms with Gasteiger partial charge in [-0.1, -0.05) is 12.5 Å². The predicted octanol–water partition coefficient (Wildman–Crippen LogP) is 3.83. The summed E-state index contributed by atoms with van der Waals surface area (Å²) in [5.74, 6) is 0. The summed E-state index contributed by atoms with van der Waals surface area (Å²) in [6, 6.07) is 0. The third kappa shape index (κ3) is 5.79. The van der Waals surface area contributed by atoms with Crippen LogP contribution in [0.1, 0.15) is 52.9 Å². The fourth-order valence-corrected chi connectivity index (χ4v) is 1.62. The number of carbonyl (C=O) groups is 1. The molecule has 1 rings (SSSR count). The lowest BCUT2D eigenvalue weighted by Gasteiger charge is -2.21. The second-order valence-electron chi connectivity index (χ2n) is 5.19. The van der Waals surface area contributed by atoms with Gasteiger partial charge in [0.15, 0.2) is 0 Å². The van der Waals surface area contributed by atoms with E-state index in [1.807, 2.05) is 26.8 Å². The van der Waals surface area contributed by atoms with Gasteiger partial charge in [0.1, 0.15) is 11.7 Å². The fraction of sp³-hybridized carbons (Fsp3) is 0.769. The summed E-state index contributed by atoms with van der Waals surface area (Å²) < 4.78 is 10.4. The second kappa shape index (κ2) is 5.92. The van der Waals surface area contributed by atoms with Crippen molar-refractivity contribution in [3.8, 4) is 0 Å². The minimum Gasteiger partial charge on any atom is -0.429 e. The Hall–Kier alpha value is -0.990. The normalized spacial score (nSPS) is 24.1. The minimum atomic E-state index is -0.567. The molecule has 0 fully saturated rings. The van der Waals surface area contributed by atoms with E-state index >= 15 is 0 Å². The van der Waals surface area contributed by atoms with Crippen molar-refractivity contribution in [2.24, 2.45) is 0 Å². The largest absolute Gasteiger partial charge is 0.509 e. The van der Waals surface area contributed by atoms with Gasteiger partial charge in [-0.05, 0) is 52.5 Å². The zero-order valence-electron chi connectivity index (χ0n) is 10.5. The van der Waals surface area contributed by atoms with Gasteiger partial charge in [0, 0.05) is 0 Å². The quantitative estimate of drug-likeness (QED) is 0.503. The van der Waals surface area contributed by atoms with Crippen LogP contribution in [0, 0.1) is 0 Å². The van der Waals surface area contributed by atoms with Gasteiger partial charge in [-0.25, -0.2) is 4.79 Å². The summed E-state index contributed by atoms with van der Waals surface area (Å²) in [6.45, 7) is 5.51. The average Bonchev–Trinajstić information content (AvgIpc) is 2.06. The van der Waals surface area contributed by atoms with Gasteiger partial charge in [-0.3, -0.25) is 0 Å². The lowest BCUT2D eigenvalue weighted by Crippen LogP contribution is -2.27. The van der Waals surface area contributed by atoms with Gasteiger partial charge in [0.2, 0.25) is 0 Å². The van der Waals surface area contributed by atoms with E-state index in [-0.39, 0.29) is 6.10 Å². The van der Waals surface area contributed by atoms with Gasteiger partial charge in [0.05, 0.1) is 0 Å². The van der Waals surface area contributed by atoms with Crippen LogP contribution in [0.3, 0.4) is 0 Å². The molecule has 0 aromatic carbocycles. The van der Waals surface area contributed by atoms with Gasteiger partial charge in [-0.15, -0.1) is 0 Å². The number of ether oxygens (including phenoxy) is 2. The van der Waals surface area contributed by atoms with Gasteiger partial charge >= 0.3 is 6.16 Å². The average molecular weight is 226 g/mol. The maximum absolute atomic E-state index is 11.4. The first-order valence-corrected chi connectivity index (χ1v) is 6.04. The van der Waals surface area contributed by atoms with Crippen molar-refractivity contribution in [1.82, 2.24) is 0 Å². The van der Waals surface area contributed by atoms with E-state index < -0.39 is 11.8 Å². The Morgan fingerprint density at radius 3 is 2.69 bits per heavy atom. The summed E-state index contributed by atoms with van der Waals surface area (Å²) in [7, 11) is 0. The highest BCUT2D eigenvalue weighted by molar-refractivity contribution is 5.60. The predicted molar refractivity (Wildman–Crippen MR) is 63.3 cm³/mol. The highest BCUT2D eigenvalue weighted by atomic mass is 16.7. The van der Waals surface area contributed by atoms with Crippen LogP contribution in [-0.4, -0.2) is 17.9 Å². The number of hydrogen-bond acceptors (Lipinski definition) is 3. The molecule has 0 saturated heterocycles. The maximum Gasteiger partial charge on any atom is 0.509 e. The van der Waals surface area contributed by atoms with E-state index in [0.717, 1.165) is 19.3 Å². The Labute approximate surface area is 97.8 Å². The molecular formula is C13H22O3. The van der Waals surface area contributed by atoms with Gasteiger partial charge < -0.3 is 9.47 Å². The molecule has 0 radical (unpaired) electrons. The van der Waals surface area contributed by atoms with Crippen LogP contribution < -0.4 is 0 Å². The summed E-state index contributed by atoms with van der Waals surface area (Å²) in [5.41, 5.74) is -0.484. The molecule has 0 aliphatic heterocycles. The SMILES string of the molecule is CC(C)(C)OC(=O)OC1/C=C/CCCCC1. The van der Waals surface area contributed by atoms with Crippen LogP contribution in [0.2, 0.25) is 0 Å². The Balaban J connectivity index is 2.39. The first-order chi connectivity index (χ1) is 7.47. The van der Waals surface area contributed by atoms with Crippen LogP contribution in [0.4, 0.5) is 4.79 Å².